The second-order valence-electron chi connectivity index (χ2n) is 7.49. The van der Waals surface area contributed by atoms with Crippen LogP contribution in [0.5, 0.6) is 0 Å². The Morgan fingerprint density at radius 1 is 1.00 bits per heavy atom. The van der Waals surface area contributed by atoms with E-state index in [9.17, 15) is 14.0 Å². The third kappa shape index (κ3) is 3.87. The van der Waals surface area contributed by atoms with Gasteiger partial charge in [0.25, 0.3) is 0 Å². The molecule has 2 amide bonds. The average Bonchev–Trinajstić information content (AvgIpc) is 2.95. The number of hydrogen-bond acceptors (Lipinski definition) is 2. The SMILES string of the molecule is O=C(Cc1cccc(F)c1)N1C[C@H]2CC[C@@H](C1)N(Cc1ccccc1)C2=O. The standard InChI is InChI=1S/C22H23FN2O2/c23-19-8-4-7-17(11-19)12-21(26)24-14-18-9-10-20(15-24)25(22(18)27)13-16-5-2-1-3-6-16/h1-8,11,18,20H,9-10,12-15H2/t18-,20+/m1/s1. The van der Waals surface area contributed by atoms with Crippen LogP contribution in [0.3, 0.4) is 0 Å². The maximum atomic E-state index is 13.4. The molecule has 2 atom stereocenters. The lowest BCUT2D eigenvalue weighted by Crippen LogP contribution is -2.47. The van der Waals surface area contributed by atoms with Gasteiger partial charge in [-0.1, -0.05) is 42.5 Å². The van der Waals surface area contributed by atoms with E-state index in [0.717, 1.165) is 18.4 Å². The Hall–Kier alpha value is -2.69. The van der Waals surface area contributed by atoms with Crippen molar-refractivity contribution >= 4 is 11.8 Å². The summed E-state index contributed by atoms with van der Waals surface area (Å²) >= 11 is 0. The molecule has 5 heteroatoms. The molecule has 0 radical (unpaired) electrons. The molecule has 2 bridgehead atoms. The van der Waals surface area contributed by atoms with E-state index < -0.39 is 0 Å². The summed E-state index contributed by atoms with van der Waals surface area (Å²) in [6, 6.07) is 16.2. The Balaban J connectivity index is 1.48. The van der Waals surface area contributed by atoms with Crippen LogP contribution in [0.15, 0.2) is 54.6 Å². The van der Waals surface area contributed by atoms with Crippen LogP contribution >= 0.6 is 0 Å². The van der Waals surface area contributed by atoms with Gasteiger partial charge in [-0.15, -0.1) is 0 Å². The molecule has 140 valence electrons. The zero-order valence-corrected chi connectivity index (χ0v) is 15.2. The number of amides is 2. The molecule has 3 heterocycles. The fourth-order valence-electron chi connectivity index (χ4n) is 4.17. The van der Waals surface area contributed by atoms with Crippen molar-refractivity contribution in [3.05, 3.63) is 71.5 Å². The first-order valence-electron chi connectivity index (χ1n) is 9.47. The van der Waals surface area contributed by atoms with Gasteiger partial charge in [0.1, 0.15) is 5.82 Å². The molecule has 3 saturated heterocycles. The molecule has 3 aliphatic heterocycles. The topological polar surface area (TPSA) is 40.6 Å². The number of halogens is 1. The van der Waals surface area contributed by atoms with E-state index in [1.807, 2.05) is 35.2 Å². The lowest BCUT2D eigenvalue weighted by atomic mass is 9.93. The average molecular weight is 366 g/mol. The number of carbonyl (C=O) groups excluding carboxylic acids is 2. The lowest BCUT2D eigenvalue weighted by Gasteiger charge is -2.36. The highest BCUT2D eigenvalue weighted by molar-refractivity contribution is 5.84. The highest BCUT2D eigenvalue weighted by Crippen LogP contribution is 2.30. The lowest BCUT2D eigenvalue weighted by molar-refractivity contribution is -0.140. The number of hydrogen-bond donors (Lipinski definition) is 0. The first-order chi connectivity index (χ1) is 13.1. The second-order valence-corrected chi connectivity index (χ2v) is 7.49. The minimum absolute atomic E-state index is 0.0353. The third-order valence-corrected chi connectivity index (χ3v) is 5.59. The van der Waals surface area contributed by atoms with Crippen LogP contribution in [0, 0.1) is 11.7 Å². The van der Waals surface area contributed by atoms with Crippen LogP contribution < -0.4 is 0 Å². The Morgan fingerprint density at radius 2 is 1.78 bits per heavy atom. The fourth-order valence-corrected chi connectivity index (χ4v) is 4.17. The van der Waals surface area contributed by atoms with Gasteiger partial charge in [0.05, 0.1) is 12.3 Å². The molecule has 2 aromatic carbocycles. The monoisotopic (exact) mass is 366 g/mol. The van der Waals surface area contributed by atoms with Gasteiger partial charge in [-0.3, -0.25) is 9.59 Å². The summed E-state index contributed by atoms with van der Waals surface area (Å²) in [6.07, 6.45) is 1.93. The predicted octanol–water partition coefficient (Wildman–Crippen LogP) is 3.02. The van der Waals surface area contributed by atoms with E-state index in [4.69, 9.17) is 0 Å². The minimum atomic E-state index is -0.333. The van der Waals surface area contributed by atoms with E-state index in [0.29, 0.717) is 25.2 Å². The number of carbonyl (C=O) groups is 2. The van der Waals surface area contributed by atoms with Crippen molar-refractivity contribution in [2.75, 3.05) is 13.1 Å². The Morgan fingerprint density at radius 3 is 2.56 bits per heavy atom. The Bertz CT molecular complexity index is 839. The van der Waals surface area contributed by atoms with Crippen LogP contribution in [0.4, 0.5) is 4.39 Å². The van der Waals surface area contributed by atoms with Gasteiger partial charge < -0.3 is 9.80 Å². The summed E-state index contributed by atoms with van der Waals surface area (Å²) < 4.78 is 13.4. The van der Waals surface area contributed by atoms with E-state index >= 15 is 0 Å². The smallest absolute Gasteiger partial charge is 0.228 e. The largest absolute Gasteiger partial charge is 0.340 e. The molecule has 0 aliphatic carbocycles. The number of benzene rings is 2. The van der Waals surface area contributed by atoms with Crippen molar-refractivity contribution in [2.24, 2.45) is 5.92 Å². The van der Waals surface area contributed by atoms with Crippen LogP contribution in [-0.4, -0.2) is 40.7 Å². The fraction of sp³-hybridized carbons (Fsp3) is 0.364. The maximum absolute atomic E-state index is 13.4. The molecule has 3 aliphatic rings. The van der Waals surface area contributed by atoms with Crippen molar-refractivity contribution in [2.45, 2.75) is 31.8 Å². The molecule has 3 fully saturated rings. The van der Waals surface area contributed by atoms with E-state index in [2.05, 4.69) is 0 Å². The van der Waals surface area contributed by atoms with Gasteiger partial charge in [0.15, 0.2) is 0 Å². The van der Waals surface area contributed by atoms with E-state index in [-0.39, 0.29) is 36.0 Å². The highest BCUT2D eigenvalue weighted by Gasteiger charge is 2.41. The molecule has 4 nitrogen and oxygen atoms in total. The number of piperidine rings is 1. The molecular formula is C22H23FN2O2. The van der Waals surface area contributed by atoms with Gasteiger partial charge in [-0.2, -0.15) is 0 Å². The molecule has 0 spiro atoms. The first kappa shape index (κ1) is 17.7. The highest BCUT2D eigenvalue weighted by atomic mass is 19.1. The summed E-state index contributed by atoms with van der Waals surface area (Å²) in [5.74, 6) is -0.354. The van der Waals surface area contributed by atoms with Crippen LogP contribution in [0.1, 0.15) is 24.0 Å². The minimum Gasteiger partial charge on any atom is -0.340 e. The summed E-state index contributed by atoms with van der Waals surface area (Å²) in [5, 5.41) is 0. The maximum Gasteiger partial charge on any atom is 0.228 e. The number of rotatable bonds is 4. The quantitative estimate of drug-likeness (QED) is 0.835. The molecule has 0 aromatic heterocycles. The Kier molecular flexibility index (Phi) is 4.92. The van der Waals surface area contributed by atoms with Gasteiger partial charge in [0.2, 0.25) is 11.8 Å². The van der Waals surface area contributed by atoms with Crippen molar-refractivity contribution in [3.8, 4) is 0 Å². The normalized spacial score (nSPS) is 22.0. The second kappa shape index (κ2) is 7.51. The molecule has 5 rings (SSSR count). The van der Waals surface area contributed by atoms with Crippen LogP contribution in [0.2, 0.25) is 0 Å². The number of nitrogens with zero attached hydrogens (tertiary/aromatic N) is 2. The van der Waals surface area contributed by atoms with Gasteiger partial charge in [0, 0.05) is 25.7 Å². The molecule has 0 unspecified atom stereocenters. The van der Waals surface area contributed by atoms with Gasteiger partial charge >= 0.3 is 0 Å². The molecule has 0 N–H and O–H groups in total. The summed E-state index contributed by atoms with van der Waals surface area (Å²) in [4.78, 5) is 29.5. The zero-order valence-electron chi connectivity index (χ0n) is 15.2. The predicted molar refractivity (Wildman–Crippen MR) is 100 cm³/mol. The third-order valence-electron chi connectivity index (χ3n) is 5.59. The van der Waals surface area contributed by atoms with Crippen molar-refractivity contribution in [1.82, 2.24) is 9.80 Å². The van der Waals surface area contributed by atoms with Gasteiger partial charge in [-0.25, -0.2) is 4.39 Å². The molecule has 27 heavy (non-hydrogen) atoms. The van der Waals surface area contributed by atoms with Crippen molar-refractivity contribution in [1.29, 1.82) is 0 Å². The molecular weight excluding hydrogens is 343 g/mol. The first-order valence-corrected chi connectivity index (χ1v) is 9.47. The summed E-state index contributed by atoms with van der Waals surface area (Å²) in [6.45, 7) is 1.62. The van der Waals surface area contributed by atoms with Crippen molar-refractivity contribution in [3.63, 3.8) is 0 Å². The summed E-state index contributed by atoms with van der Waals surface area (Å²) in [7, 11) is 0. The summed E-state index contributed by atoms with van der Waals surface area (Å²) in [5.41, 5.74) is 1.78. The zero-order chi connectivity index (χ0) is 18.8. The number of fused-ring (bicyclic) bond motifs is 4. The molecule has 0 saturated carbocycles. The Labute approximate surface area is 158 Å². The van der Waals surface area contributed by atoms with Crippen LogP contribution in [0.25, 0.3) is 0 Å². The van der Waals surface area contributed by atoms with Crippen LogP contribution in [-0.2, 0) is 22.6 Å². The van der Waals surface area contributed by atoms with Crippen molar-refractivity contribution < 1.29 is 14.0 Å². The van der Waals surface area contributed by atoms with Gasteiger partial charge in [-0.05, 0) is 36.1 Å². The molecule has 2 aromatic rings. The van der Waals surface area contributed by atoms with E-state index in [1.54, 1.807) is 17.0 Å². The van der Waals surface area contributed by atoms with E-state index in [1.165, 1.54) is 12.1 Å².